The fourth-order valence-corrected chi connectivity index (χ4v) is 1.05. The third kappa shape index (κ3) is 4.85. The van der Waals surface area contributed by atoms with Crippen molar-refractivity contribution in [2.45, 2.75) is 32.9 Å². The molecule has 1 aromatic carbocycles. The van der Waals surface area contributed by atoms with Crippen molar-refractivity contribution in [2.75, 3.05) is 0 Å². The molecule has 0 fully saturated rings. The zero-order chi connectivity index (χ0) is 11.5. The van der Waals surface area contributed by atoms with E-state index >= 15 is 0 Å². The first-order valence-electron chi connectivity index (χ1n) is 4.73. The first-order valence-corrected chi connectivity index (χ1v) is 4.73. The number of hydrogen-bond donors (Lipinski definition) is 1. The van der Waals surface area contributed by atoms with Gasteiger partial charge in [-0.15, -0.1) is 0 Å². The van der Waals surface area contributed by atoms with Crippen LogP contribution in [0.3, 0.4) is 0 Å². The number of nitrogens with one attached hydrogen (secondary N) is 1. The number of rotatable bonds is 3. The predicted octanol–water partition coefficient (Wildman–Crippen LogP) is 2.78. The van der Waals surface area contributed by atoms with Crippen LogP contribution < -0.4 is 5.48 Å². The Kier molecular flexibility index (Phi) is 3.77. The smallest absolute Gasteiger partial charge is 0.126 e. The first-order chi connectivity index (χ1) is 6.87. The lowest BCUT2D eigenvalue weighted by atomic mass is 10.2. The van der Waals surface area contributed by atoms with E-state index in [4.69, 9.17) is 4.84 Å². The molecule has 2 nitrogen and oxygen atoms in total. The zero-order valence-electron chi connectivity index (χ0n) is 9.10. The topological polar surface area (TPSA) is 21.3 Å². The van der Waals surface area contributed by atoms with Gasteiger partial charge in [0.1, 0.15) is 11.6 Å². The van der Waals surface area contributed by atoms with Crippen molar-refractivity contribution in [2.24, 2.45) is 0 Å². The molecule has 0 aliphatic rings. The molecule has 1 rings (SSSR count). The zero-order valence-corrected chi connectivity index (χ0v) is 9.10. The van der Waals surface area contributed by atoms with E-state index in [-0.39, 0.29) is 12.1 Å². The molecule has 0 saturated heterocycles. The molecule has 0 radical (unpaired) electrons. The van der Waals surface area contributed by atoms with E-state index in [1.54, 1.807) is 0 Å². The van der Waals surface area contributed by atoms with Crippen LogP contribution >= 0.6 is 0 Å². The second-order valence-electron chi connectivity index (χ2n) is 4.31. The molecule has 0 saturated carbocycles. The number of halogens is 2. The van der Waals surface area contributed by atoms with Gasteiger partial charge in [-0.05, 0) is 38.5 Å². The second kappa shape index (κ2) is 4.68. The molecule has 4 heteroatoms. The Morgan fingerprint density at radius 2 is 1.67 bits per heavy atom. The summed E-state index contributed by atoms with van der Waals surface area (Å²) < 4.78 is 25.6. The van der Waals surface area contributed by atoms with E-state index in [2.05, 4.69) is 5.48 Å². The summed E-state index contributed by atoms with van der Waals surface area (Å²) in [6.45, 7) is 5.91. The van der Waals surface area contributed by atoms with Gasteiger partial charge in [-0.25, -0.2) is 8.78 Å². The summed E-state index contributed by atoms with van der Waals surface area (Å²) >= 11 is 0. The van der Waals surface area contributed by atoms with Crippen LogP contribution in [0.5, 0.6) is 0 Å². The van der Waals surface area contributed by atoms with Gasteiger partial charge in [0.15, 0.2) is 0 Å². The summed E-state index contributed by atoms with van der Waals surface area (Å²) in [5.74, 6) is -1.16. The molecule has 0 bridgehead atoms. The standard InChI is InChI=1S/C11H15F2NO/c1-11(2,3)15-14-7-8-4-9(12)6-10(13)5-8/h4-6,14H,7H2,1-3H3. The van der Waals surface area contributed by atoms with Gasteiger partial charge in [-0.2, -0.15) is 5.48 Å². The molecule has 1 aromatic rings. The third-order valence-electron chi connectivity index (χ3n) is 1.58. The van der Waals surface area contributed by atoms with E-state index in [9.17, 15) is 8.78 Å². The maximum absolute atomic E-state index is 12.8. The molecule has 15 heavy (non-hydrogen) atoms. The van der Waals surface area contributed by atoms with Gasteiger partial charge in [-0.3, -0.25) is 4.84 Å². The summed E-state index contributed by atoms with van der Waals surface area (Å²) in [6, 6.07) is 3.37. The Bertz CT molecular complexity index is 314. The molecule has 0 spiro atoms. The highest BCUT2D eigenvalue weighted by atomic mass is 19.1. The Morgan fingerprint density at radius 1 is 1.13 bits per heavy atom. The first kappa shape index (κ1) is 12.1. The number of hydrogen-bond acceptors (Lipinski definition) is 2. The Morgan fingerprint density at radius 3 is 2.13 bits per heavy atom. The van der Waals surface area contributed by atoms with Crippen molar-refractivity contribution in [3.8, 4) is 0 Å². The van der Waals surface area contributed by atoms with Crippen LogP contribution in [-0.4, -0.2) is 5.60 Å². The van der Waals surface area contributed by atoms with Gasteiger partial charge in [0.05, 0.1) is 5.60 Å². The number of hydroxylamine groups is 1. The average Bonchev–Trinajstić information content (AvgIpc) is 1.99. The molecular weight excluding hydrogens is 200 g/mol. The molecule has 0 unspecified atom stereocenters. The summed E-state index contributed by atoms with van der Waals surface area (Å²) in [6.07, 6.45) is 0. The van der Waals surface area contributed by atoms with Crippen molar-refractivity contribution >= 4 is 0 Å². The molecule has 0 atom stereocenters. The Labute approximate surface area is 88.2 Å². The second-order valence-corrected chi connectivity index (χ2v) is 4.31. The molecule has 0 aliphatic carbocycles. The molecule has 0 heterocycles. The lowest BCUT2D eigenvalue weighted by molar-refractivity contribution is -0.0758. The van der Waals surface area contributed by atoms with Crippen molar-refractivity contribution in [3.63, 3.8) is 0 Å². The number of benzene rings is 1. The minimum Gasteiger partial charge on any atom is -0.296 e. The van der Waals surface area contributed by atoms with Crippen LogP contribution in [0.15, 0.2) is 18.2 Å². The van der Waals surface area contributed by atoms with Crippen molar-refractivity contribution in [1.82, 2.24) is 5.48 Å². The highest BCUT2D eigenvalue weighted by molar-refractivity contribution is 5.17. The van der Waals surface area contributed by atoms with Gasteiger partial charge >= 0.3 is 0 Å². The van der Waals surface area contributed by atoms with Crippen LogP contribution in [0.4, 0.5) is 8.78 Å². The minimum absolute atomic E-state index is 0.270. The maximum atomic E-state index is 12.8. The Balaban J connectivity index is 2.51. The predicted molar refractivity (Wildman–Crippen MR) is 54.0 cm³/mol. The van der Waals surface area contributed by atoms with Gasteiger partial charge in [-0.1, -0.05) is 0 Å². The maximum Gasteiger partial charge on any atom is 0.126 e. The van der Waals surface area contributed by atoms with Crippen LogP contribution in [0.1, 0.15) is 26.3 Å². The molecular formula is C11H15F2NO. The molecule has 1 N–H and O–H groups in total. The van der Waals surface area contributed by atoms with E-state index < -0.39 is 11.6 Å². The van der Waals surface area contributed by atoms with Crippen LogP contribution in [0.25, 0.3) is 0 Å². The largest absolute Gasteiger partial charge is 0.296 e. The van der Waals surface area contributed by atoms with Crippen LogP contribution in [0, 0.1) is 11.6 Å². The molecule has 0 aromatic heterocycles. The van der Waals surface area contributed by atoms with Crippen molar-refractivity contribution in [1.29, 1.82) is 0 Å². The van der Waals surface area contributed by atoms with Crippen molar-refractivity contribution in [3.05, 3.63) is 35.4 Å². The van der Waals surface area contributed by atoms with Crippen LogP contribution in [0.2, 0.25) is 0 Å². The van der Waals surface area contributed by atoms with E-state index in [1.165, 1.54) is 12.1 Å². The minimum atomic E-state index is -0.581. The highest BCUT2D eigenvalue weighted by Crippen LogP contribution is 2.09. The van der Waals surface area contributed by atoms with E-state index in [0.717, 1.165) is 6.07 Å². The lowest BCUT2D eigenvalue weighted by Gasteiger charge is -2.19. The molecule has 84 valence electrons. The van der Waals surface area contributed by atoms with Gasteiger partial charge in [0, 0.05) is 12.6 Å². The molecule has 0 aliphatic heterocycles. The Hall–Kier alpha value is -1.00. The normalized spacial score (nSPS) is 11.8. The van der Waals surface area contributed by atoms with E-state index in [1.807, 2.05) is 20.8 Å². The molecule has 0 amide bonds. The summed E-state index contributed by atoms with van der Waals surface area (Å²) in [7, 11) is 0. The van der Waals surface area contributed by atoms with Gasteiger partial charge < -0.3 is 0 Å². The average molecular weight is 215 g/mol. The summed E-state index contributed by atoms with van der Waals surface area (Å²) in [5.41, 5.74) is 2.85. The third-order valence-corrected chi connectivity index (χ3v) is 1.58. The van der Waals surface area contributed by atoms with Gasteiger partial charge in [0.25, 0.3) is 0 Å². The quantitative estimate of drug-likeness (QED) is 0.783. The van der Waals surface area contributed by atoms with Gasteiger partial charge in [0.2, 0.25) is 0 Å². The summed E-state index contributed by atoms with van der Waals surface area (Å²) in [5, 5.41) is 0. The van der Waals surface area contributed by atoms with E-state index in [0.29, 0.717) is 5.56 Å². The fourth-order valence-electron chi connectivity index (χ4n) is 1.05. The van der Waals surface area contributed by atoms with Crippen LogP contribution in [-0.2, 0) is 11.4 Å². The fraction of sp³-hybridized carbons (Fsp3) is 0.455. The summed E-state index contributed by atoms with van der Waals surface area (Å²) in [4.78, 5) is 5.22. The SMILES string of the molecule is CC(C)(C)ONCc1cc(F)cc(F)c1. The monoisotopic (exact) mass is 215 g/mol. The lowest BCUT2D eigenvalue weighted by Crippen LogP contribution is -2.28. The van der Waals surface area contributed by atoms with Crippen molar-refractivity contribution < 1.29 is 13.6 Å². The highest BCUT2D eigenvalue weighted by Gasteiger charge is 2.10.